The van der Waals surface area contributed by atoms with Crippen LogP contribution in [0.25, 0.3) is 0 Å². The summed E-state index contributed by atoms with van der Waals surface area (Å²) in [5, 5.41) is 9.23. The van der Waals surface area contributed by atoms with Gasteiger partial charge in [-0.3, -0.25) is 0 Å². The molecule has 0 spiro atoms. The highest BCUT2D eigenvalue weighted by Crippen LogP contribution is 2.25. The Labute approximate surface area is 82.3 Å². The maximum atomic E-state index is 13.6. The molecule has 4 heteroatoms. The third-order valence-electron chi connectivity index (χ3n) is 2.09. The van der Waals surface area contributed by atoms with E-state index >= 15 is 0 Å². The molecule has 0 aromatic heterocycles. The van der Waals surface area contributed by atoms with Crippen molar-refractivity contribution in [3.05, 3.63) is 29.6 Å². The van der Waals surface area contributed by atoms with Crippen LogP contribution in [0.4, 0.5) is 4.39 Å². The molecule has 1 aromatic rings. The topological polar surface area (TPSA) is 55.5 Å². The van der Waals surface area contributed by atoms with E-state index in [2.05, 4.69) is 0 Å². The van der Waals surface area contributed by atoms with Gasteiger partial charge in [0.15, 0.2) is 11.6 Å². The minimum absolute atomic E-state index is 0.138. The molecule has 1 unspecified atom stereocenters. The molecular weight excluding hydrogens is 185 g/mol. The summed E-state index contributed by atoms with van der Waals surface area (Å²) in [6, 6.07) is 3.95. The highest BCUT2D eigenvalue weighted by Gasteiger charge is 2.18. The summed E-state index contributed by atoms with van der Waals surface area (Å²) < 4.78 is 18.4. The molecule has 0 aliphatic rings. The van der Waals surface area contributed by atoms with Crippen molar-refractivity contribution in [1.29, 1.82) is 0 Å². The van der Waals surface area contributed by atoms with Gasteiger partial charge in [-0.2, -0.15) is 0 Å². The predicted octanol–water partition coefficient (Wildman–Crippen LogP) is 1.21. The van der Waals surface area contributed by atoms with Crippen molar-refractivity contribution in [1.82, 2.24) is 0 Å². The Balaban J connectivity index is 3.09. The summed E-state index contributed by atoms with van der Waals surface area (Å²) in [7, 11) is 1.39. The molecule has 1 aromatic carbocycles. The smallest absolute Gasteiger partial charge is 0.169 e. The molecule has 78 valence electrons. The fraction of sp³-hybridized carbons (Fsp3) is 0.400. The maximum Gasteiger partial charge on any atom is 0.169 e. The lowest BCUT2D eigenvalue weighted by Gasteiger charge is -2.16. The van der Waals surface area contributed by atoms with E-state index in [1.807, 2.05) is 0 Å². The molecule has 3 nitrogen and oxygen atoms in total. The number of benzene rings is 1. The first-order valence-corrected chi connectivity index (χ1v) is 4.34. The predicted molar refractivity (Wildman–Crippen MR) is 51.6 cm³/mol. The largest absolute Gasteiger partial charge is 0.494 e. The van der Waals surface area contributed by atoms with Gasteiger partial charge in [0.1, 0.15) is 0 Å². The van der Waals surface area contributed by atoms with E-state index in [0.29, 0.717) is 0 Å². The molecule has 14 heavy (non-hydrogen) atoms. The molecule has 3 N–H and O–H groups in total. The van der Waals surface area contributed by atoms with Crippen LogP contribution in [0.15, 0.2) is 18.2 Å². The number of aliphatic hydroxyl groups is 1. The molecule has 0 saturated carbocycles. The van der Waals surface area contributed by atoms with Gasteiger partial charge in [-0.15, -0.1) is 0 Å². The lowest BCUT2D eigenvalue weighted by Crippen LogP contribution is -2.24. The quantitative estimate of drug-likeness (QED) is 0.769. The zero-order valence-corrected chi connectivity index (χ0v) is 8.20. The van der Waals surface area contributed by atoms with Crippen LogP contribution < -0.4 is 10.5 Å². The lowest BCUT2D eigenvalue weighted by molar-refractivity contribution is 0.162. The Morgan fingerprint density at radius 3 is 2.64 bits per heavy atom. The number of halogens is 1. The fourth-order valence-corrected chi connectivity index (χ4v) is 1.20. The summed E-state index contributed by atoms with van der Waals surface area (Å²) >= 11 is 0. The van der Waals surface area contributed by atoms with E-state index < -0.39 is 18.0 Å². The van der Waals surface area contributed by atoms with Gasteiger partial charge >= 0.3 is 0 Å². The molecule has 0 aliphatic carbocycles. The van der Waals surface area contributed by atoms with Gasteiger partial charge in [0.2, 0.25) is 0 Å². The van der Waals surface area contributed by atoms with Gasteiger partial charge in [-0.1, -0.05) is 12.1 Å². The molecule has 0 heterocycles. The Kier molecular flexibility index (Phi) is 3.43. The summed E-state index contributed by atoms with van der Waals surface area (Å²) in [6.07, 6.45) is -0.795. The second-order valence-electron chi connectivity index (χ2n) is 3.13. The number of nitrogens with two attached hydrogens (primary N) is 1. The van der Waals surface area contributed by atoms with Crippen LogP contribution in [0.1, 0.15) is 18.5 Å². The SMILES string of the molecule is COc1cccc([C@@H](N)C(C)O)c1F. The number of hydrogen-bond donors (Lipinski definition) is 2. The van der Waals surface area contributed by atoms with Crippen molar-refractivity contribution in [2.45, 2.75) is 19.1 Å². The van der Waals surface area contributed by atoms with Crippen LogP contribution in [0.3, 0.4) is 0 Å². The van der Waals surface area contributed by atoms with E-state index in [0.717, 1.165) is 0 Å². The van der Waals surface area contributed by atoms with Crippen molar-refractivity contribution in [3.63, 3.8) is 0 Å². The second kappa shape index (κ2) is 4.39. The van der Waals surface area contributed by atoms with Crippen molar-refractivity contribution < 1.29 is 14.2 Å². The molecule has 2 atom stereocenters. The molecule has 0 amide bonds. The van der Waals surface area contributed by atoms with Gasteiger partial charge in [-0.05, 0) is 13.0 Å². The van der Waals surface area contributed by atoms with Crippen molar-refractivity contribution in [3.8, 4) is 5.75 Å². The fourth-order valence-electron chi connectivity index (χ4n) is 1.20. The van der Waals surface area contributed by atoms with E-state index in [1.165, 1.54) is 26.2 Å². The zero-order chi connectivity index (χ0) is 10.7. The molecule has 0 fully saturated rings. The molecule has 0 aliphatic heterocycles. The van der Waals surface area contributed by atoms with E-state index in [-0.39, 0.29) is 11.3 Å². The van der Waals surface area contributed by atoms with Gasteiger partial charge in [0.05, 0.1) is 19.3 Å². The van der Waals surface area contributed by atoms with Gasteiger partial charge in [0, 0.05) is 5.56 Å². The average Bonchev–Trinajstić information content (AvgIpc) is 2.17. The molecule has 1 rings (SSSR count). The Morgan fingerprint density at radius 1 is 1.50 bits per heavy atom. The number of aliphatic hydroxyl groups excluding tert-OH is 1. The van der Waals surface area contributed by atoms with Gasteiger partial charge in [0.25, 0.3) is 0 Å². The minimum Gasteiger partial charge on any atom is -0.494 e. The third-order valence-corrected chi connectivity index (χ3v) is 2.09. The molecule has 0 radical (unpaired) electrons. The number of hydrogen-bond acceptors (Lipinski definition) is 3. The summed E-state index contributed by atoms with van der Waals surface area (Å²) in [6.45, 7) is 1.52. The normalized spacial score (nSPS) is 14.9. The van der Waals surface area contributed by atoms with Gasteiger partial charge in [-0.25, -0.2) is 4.39 Å². The molecule has 0 bridgehead atoms. The third kappa shape index (κ3) is 2.02. The first-order chi connectivity index (χ1) is 6.57. The Hall–Kier alpha value is -1.13. The van der Waals surface area contributed by atoms with Crippen molar-refractivity contribution in [2.75, 3.05) is 7.11 Å². The summed E-state index contributed by atoms with van der Waals surface area (Å²) in [4.78, 5) is 0. The Bertz CT molecular complexity index is 315. The highest BCUT2D eigenvalue weighted by atomic mass is 19.1. The van der Waals surface area contributed by atoms with Crippen LogP contribution in [-0.4, -0.2) is 18.3 Å². The average molecular weight is 199 g/mol. The number of methoxy groups -OCH3 is 1. The summed E-state index contributed by atoms with van der Waals surface area (Å²) in [5.74, 6) is -0.373. The Morgan fingerprint density at radius 2 is 2.14 bits per heavy atom. The van der Waals surface area contributed by atoms with Crippen LogP contribution in [-0.2, 0) is 0 Å². The highest BCUT2D eigenvalue weighted by molar-refractivity contribution is 5.33. The molecule has 0 saturated heterocycles. The van der Waals surface area contributed by atoms with Crippen LogP contribution in [0.2, 0.25) is 0 Å². The molecular formula is C10H14FNO2. The second-order valence-corrected chi connectivity index (χ2v) is 3.13. The minimum atomic E-state index is -0.795. The van der Waals surface area contributed by atoms with Crippen LogP contribution in [0, 0.1) is 5.82 Å². The maximum absolute atomic E-state index is 13.6. The van der Waals surface area contributed by atoms with E-state index in [9.17, 15) is 9.50 Å². The zero-order valence-electron chi connectivity index (χ0n) is 8.20. The number of ether oxygens (including phenoxy) is 1. The number of rotatable bonds is 3. The monoisotopic (exact) mass is 199 g/mol. The van der Waals surface area contributed by atoms with E-state index in [1.54, 1.807) is 6.07 Å². The van der Waals surface area contributed by atoms with Crippen LogP contribution >= 0.6 is 0 Å². The standard InChI is InChI=1S/C10H14FNO2/c1-6(13)10(12)7-4-3-5-8(14-2)9(7)11/h3-6,10,13H,12H2,1-2H3/t6?,10-/m0/s1. The first kappa shape index (κ1) is 10.9. The van der Waals surface area contributed by atoms with Crippen LogP contribution in [0.5, 0.6) is 5.75 Å². The van der Waals surface area contributed by atoms with Gasteiger partial charge < -0.3 is 15.6 Å². The lowest BCUT2D eigenvalue weighted by atomic mass is 10.0. The van der Waals surface area contributed by atoms with E-state index in [4.69, 9.17) is 10.5 Å². The first-order valence-electron chi connectivity index (χ1n) is 4.34. The summed E-state index contributed by atoms with van der Waals surface area (Å²) in [5.41, 5.74) is 5.88. The van der Waals surface area contributed by atoms with Crippen molar-refractivity contribution >= 4 is 0 Å². The van der Waals surface area contributed by atoms with Crippen molar-refractivity contribution in [2.24, 2.45) is 5.73 Å².